The number of hydrogen-bond donors (Lipinski definition) is 1. The van der Waals surface area contributed by atoms with E-state index in [2.05, 4.69) is 5.32 Å². The highest BCUT2D eigenvalue weighted by atomic mass is 35.5. The van der Waals surface area contributed by atoms with Crippen LogP contribution in [-0.2, 0) is 0 Å². The highest BCUT2D eigenvalue weighted by Crippen LogP contribution is 2.38. The first-order valence-corrected chi connectivity index (χ1v) is 6.87. The number of halogens is 1. The van der Waals surface area contributed by atoms with Crippen molar-refractivity contribution in [3.8, 4) is 11.5 Å². The molecular weight excluding hydrogens is 250 g/mol. The molecule has 2 rings (SSSR count). The van der Waals surface area contributed by atoms with Crippen LogP contribution in [0.2, 0.25) is 5.02 Å². The lowest BCUT2D eigenvalue weighted by Gasteiger charge is -2.26. The van der Waals surface area contributed by atoms with Gasteiger partial charge in [-0.2, -0.15) is 0 Å². The van der Waals surface area contributed by atoms with Crippen molar-refractivity contribution in [2.45, 2.75) is 32.2 Å². The van der Waals surface area contributed by atoms with E-state index in [4.69, 9.17) is 21.1 Å². The minimum atomic E-state index is 0.337. The van der Waals surface area contributed by atoms with Gasteiger partial charge in [-0.25, -0.2) is 0 Å². The Hall–Kier alpha value is -0.930. The Kier molecular flexibility index (Phi) is 4.72. The number of nitrogens with one attached hydrogen (secondary N) is 1. The van der Waals surface area contributed by atoms with Gasteiger partial charge in [-0.3, -0.25) is 0 Å². The Morgan fingerprint density at radius 2 is 2.17 bits per heavy atom. The number of rotatable bonds is 4. The molecule has 1 heterocycles. The zero-order valence-corrected chi connectivity index (χ0v) is 11.7. The summed E-state index contributed by atoms with van der Waals surface area (Å²) in [6, 6.07) is 4.19. The molecule has 3 nitrogen and oxygen atoms in total. The Morgan fingerprint density at radius 3 is 2.78 bits per heavy atom. The van der Waals surface area contributed by atoms with Crippen LogP contribution in [0.15, 0.2) is 12.1 Å². The van der Waals surface area contributed by atoms with Gasteiger partial charge in [0.2, 0.25) is 0 Å². The number of methoxy groups -OCH3 is 1. The average molecular weight is 270 g/mol. The van der Waals surface area contributed by atoms with Crippen molar-refractivity contribution in [2.24, 2.45) is 0 Å². The summed E-state index contributed by atoms with van der Waals surface area (Å²) in [5, 5.41) is 4.16. The molecule has 1 unspecified atom stereocenters. The molecule has 18 heavy (non-hydrogen) atoms. The molecule has 0 radical (unpaired) electrons. The molecular formula is C14H20ClNO2. The van der Waals surface area contributed by atoms with Crippen molar-refractivity contribution in [1.29, 1.82) is 0 Å². The second-order valence-corrected chi connectivity index (χ2v) is 4.87. The third kappa shape index (κ3) is 2.90. The van der Waals surface area contributed by atoms with Gasteiger partial charge in [-0.1, -0.05) is 18.0 Å². The molecule has 0 spiro atoms. The summed E-state index contributed by atoms with van der Waals surface area (Å²) in [6.45, 7) is 3.68. The van der Waals surface area contributed by atoms with Crippen molar-refractivity contribution in [3.05, 3.63) is 22.7 Å². The van der Waals surface area contributed by atoms with Crippen LogP contribution in [0.3, 0.4) is 0 Å². The normalized spacial score (nSPS) is 19.6. The molecule has 1 aromatic rings. The number of benzene rings is 1. The maximum Gasteiger partial charge on any atom is 0.141 e. The highest BCUT2D eigenvalue weighted by Gasteiger charge is 2.20. The maximum atomic E-state index is 6.21. The lowest BCUT2D eigenvalue weighted by Crippen LogP contribution is -2.27. The minimum absolute atomic E-state index is 0.337. The Balaban J connectivity index is 2.33. The van der Waals surface area contributed by atoms with Gasteiger partial charge >= 0.3 is 0 Å². The van der Waals surface area contributed by atoms with Crippen molar-refractivity contribution in [1.82, 2.24) is 5.32 Å². The summed E-state index contributed by atoms with van der Waals surface area (Å²) in [5.41, 5.74) is 1.14. The molecule has 1 saturated heterocycles. The van der Waals surface area contributed by atoms with Crippen LogP contribution in [0.25, 0.3) is 0 Å². The van der Waals surface area contributed by atoms with E-state index < -0.39 is 0 Å². The molecule has 0 bridgehead atoms. The second-order valence-electron chi connectivity index (χ2n) is 4.46. The first-order chi connectivity index (χ1) is 8.76. The van der Waals surface area contributed by atoms with Crippen LogP contribution >= 0.6 is 11.6 Å². The average Bonchev–Trinajstić information content (AvgIpc) is 2.41. The van der Waals surface area contributed by atoms with Crippen LogP contribution in [0.4, 0.5) is 0 Å². The monoisotopic (exact) mass is 269 g/mol. The van der Waals surface area contributed by atoms with Crippen LogP contribution < -0.4 is 14.8 Å². The lowest BCUT2D eigenvalue weighted by atomic mass is 9.96. The van der Waals surface area contributed by atoms with E-state index in [-0.39, 0.29) is 0 Å². The first-order valence-electron chi connectivity index (χ1n) is 6.50. The molecule has 1 aliphatic rings. The Morgan fingerprint density at radius 1 is 1.33 bits per heavy atom. The first kappa shape index (κ1) is 13.5. The third-order valence-electron chi connectivity index (χ3n) is 3.27. The van der Waals surface area contributed by atoms with E-state index in [1.54, 1.807) is 7.11 Å². The number of ether oxygens (including phenoxy) is 2. The standard InChI is InChI=1S/C14H20ClNO2/c1-3-18-13-9-14(17-2)11(15)8-10(13)12-6-4-5-7-16-12/h8-9,12,16H,3-7H2,1-2H3. The maximum absolute atomic E-state index is 6.21. The number of piperidine rings is 1. The molecule has 0 aromatic heterocycles. The summed E-state index contributed by atoms with van der Waals surface area (Å²) < 4.78 is 11.0. The van der Waals surface area contributed by atoms with Crippen LogP contribution in [0.1, 0.15) is 37.8 Å². The molecule has 1 aliphatic heterocycles. The van der Waals surface area contributed by atoms with Gasteiger partial charge in [-0.15, -0.1) is 0 Å². The molecule has 1 aromatic carbocycles. The molecule has 0 saturated carbocycles. The summed E-state index contributed by atoms with van der Waals surface area (Å²) >= 11 is 6.21. The molecule has 1 atom stereocenters. The predicted molar refractivity (Wildman–Crippen MR) is 73.8 cm³/mol. The fourth-order valence-electron chi connectivity index (χ4n) is 2.38. The predicted octanol–water partition coefficient (Wildman–Crippen LogP) is 3.56. The van der Waals surface area contributed by atoms with E-state index in [1.165, 1.54) is 12.8 Å². The fraction of sp³-hybridized carbons (Fsp3) is 0.571. The Bertz CT molecular complexity index is 403. The molecule has 0 amide bonds. The van der Waals surface area contributed by atoms with Gasteiger partial charge in [0, 0.05) is 17.7 Å². The summed E-state index contributed by atoms with van der Waals surface area (Å²) in [4.78, 5) is 0. The van der Waals surface area contributed by atoms with Gasteiger partial charge in [0.15, 0.2) is 0 Å². The van der Waals surface area contributed by atoms with Gasteiger partial charge < -0.3 is 14.8 Å². The molecule has 0 aliphatic carbocycles. The van der Waals surface area contributed by atoms with Gasteiger partial charge in [0.1, 0.15) is 11.5 Å². The van der Waals surface area contributed by atoms with Crippen molar-refractivity contribution >= 4 is 11.6 Å². The summed E-state index contributed by atoms with van der Waals surface area (Å²) in [7, 11) is 1.62. The summed E-state index contributed by atoms with van der Waals surface area (Å²) in [6.07, 6.45) is 3.61. The van der Waals surface area contributed by atoms with Crippen molar-refractivity contribution < 1.29 is 9.47 Å². The van der Waals surface area contributed by atoms with E-state index in [1.807, 2.05) is 19.1 Å². The zero-order valence-electron chi connectivity index (χ0n) is 11.0. The van der Waals surface area contributed by atoms with Gasteiger partial charge in [-0.05, 0) is 32.4 Å². The van der Waals surface area contributed by atoms with E-state index in [9.17, 15) is 0 Å². The molecule has 100 valence electrons. The van der Waals surface area contributed by atoms with Gasteiger partial charge in [0.05, 0.1) is 18.7 Å². The van der Waals surface area contributed by atoms with E-state index in [0.717, 1.165) is 24.3 Å². The SMILES string of the molecule is CCOc1cc(OC)c(Cl)cc1C1CCCCN1. The molecule has 4 heteroatoms. The topological polar surface area (TPSA) is 30.5 Å². The van der Waals surface area contributed by atoms with Crippen LogP contribution in [0, 0.1) is 0 Å². The molecule has 1 N–H and O–H groups in total. The minimum Gasteiger partial charge on any atom is -0.495 e. The van der Waals surface area contributed by atoms with Crippen molar-refractivity contribution in [3.63, 3.8) is 0 Å². The largest absolute Gasteiger partial charge is 0.495 e. The van der Waals surface area contributed by atoms with E-state index >= 15 is 0 Å². The fourth-order valence-corrected chi connectivity index (χ4v) is 2.63. The third-order valence-corrected chi connectivity index (χ3v) is 3.57. The van der Waals surface area contributed by atoms with Crippen molar-refractivity contribution in [2.75, 3.05) is 20.3 Å². The highest BCUT2D eigenvalue weighted by molar-refractivity contribution is 6.32. The quantitative estimate of drug-likeness (QED) is 0.907. The van der Waals surface area contributed by atoms with Crippen LogP contribution in [-0.4, -0.2) is 20.3 Å². The zero-order chi connectivity index (χ0) is 13.0. The smallest absolute Gasteiger partial charge is 0.141 e. The lowest BCUT2D eigenvalue weighted by molar-refractivity contribution is 0.320. The molecule has 1 fully saturated rings. The summed E-state index contributed by atoms with van der Waals surface area (Å²) in [5.74, 6) is 1.54. The van der Waals surface area contributed by atoms with Gasteiger partial charge in [0.25, 0.3) is 0 Å². The second kappa shape index (κ2) is 6.30. The number of hydrogen-bond acceptors (Lipinski definition) is 3. The van der Waals surface area contributed by atoms with Crippen LogP contribution in [0.5, 0.6) is 11.5 Å². The Labute approximate surface area is 113 Å². The van der Waals surface area contributed by atoms with E-state index in [0.29, 0.717) is 23.4 Å².